The molecule has 0 atom stereocenters. The third kappa shape index (κ3) is 3.13. The standard InChI is InChI=1S/C18H16FN3.ClH/c19-16-8-7-15(13-3-1-2-4-14(13)16)17-10-12(9-11-5-6-11)21-18(20)22-17;/h1-4,7-8,10-11H,5-6,9H2,(H2,20,21,22);1H. The van der Waals surface area contributed by atoms with Crippen molar-refractivity contribution in [3.05, 3.63) is 54.0 Å². The summed E-state index contributed by atoms with van der Waals surface area (Å²) in [5.41, 5.74) is 8.50. The van der Waals surface area contributed by atoms with Crippen molar-refractivity contribution in [2.24, 2.45) is 5.92 Å². The van der Waals surface area contributed by atoms with E-state index in [9.17, 15) is 4.39 Å². The van der Waals surface area contributed by atoms with E-state index in [-0.39, 0.29) is 24.2 Å². The summed E-state index contributed by atoms with van der Waals surface area (Å²) in [5, 5.41) is 1.44. The zero-order valence-electron chi connectivity index (χ0n) is 12.5. The summed E-state index contributed by atoms with van der Waals surface area (Å²) in [7, 11) is 0. The lowest BCUT2D eigenvalue weighted by atomic mass is 10.0. The predicted octanol–water partition coefficient (Wildman–Crippen LogP) is 4.39. The highest BCUT2D eigenvalue weighted by Crippen LogP contribution is 2.34. The van der Waals surface area contributed by atoms with Gasteiger partial charge in [0.1, 0.15) is 5.82 Å². The fourth-order valence-electron chi connectivity index (χ4n) is 2.86. The number of fused-ring (bicyclic) bond motifs is 1. The first-order valence-corrected chi connectivity index (χ1v) is 7.52. The van der Waals surface area contributed by atoms with Gasteiger partial charge in [-0.25, -0.2) is 14.4 Å². The molecule has 1 fully saturated rings. The van der Waals surface area contributed by atoms with Crippen LogP contribution in [0.5, 0.6) is 0 Å². The Kier molecular flexibility index (Phi) is 4.18. The number of halogens is 2. The zero-order valence-corrected chi connectivity index (χ0v) is 13.3. The molecule has 0 unspecified atom stereocenters. The van der Waals surface area contributed by atoms with Gasteiger partial charge in [0.25, 0.3) is 0 Å². The lowest BCUT2D eigenvalue weighted by molar-refractivity contribution is 0.640. The van der Waals surface area contributed by atoms with E-state index in [1.165, 1.54) is 18.9 Å². The second-order valence-electron chi connectivity index (χ2n) is 5.89. The molecule has 1 aliphatic carbocycles. The number of aromatic nitrogens is 2. The van der Waals surface area contributed by atoms with Crippen molar-refractivity contribution in [2.45, 2.75) is 19.3 Å². The van der Waals surface area contributed by atoms with Crippen molar-refractivity contribution in [2.75, 3.05) is 5.73 Å². The molecule has 23 heavy (non-hydrogen) atoms. The fraction of sp³-hybridized carbons (Fsp3) is 0.222. The number of rotatable bonds is 3. The molecule has 3 nitrogen and oxygen atoms in total. The van der Waals surface area contributed by atoms with E-state index in [0.29, 0.717) is 5.39 Å². The maximum atomic E-state index is 14.0. The highest BCUT2D eigenvalue weighted by atomic mass is 35.5. The Morgan fingerprint density at radius 2 is 1.78 bits per heavy atom. The normalized spacial score (nSPS) is 13.8. The summed E-state index contributed by atoms with van der Waals surface area (Å²) in [4.78, 5) is 8.69. The van der Waals surface area contributed by atoms with Gasteiger partial charge in [-0.1, -0.05) is 24.3 Å². The van der Waals surface area contributed by atoms with Crippen LogP contribution in [-0.2, 0) is 6.42 Å². The van der Waals surface area contributed by atoms with Crippen molar-refractivity contribution >= 4 is 29.1 Å². The molecule has 0 aliphatic heterocycles. The molecule has 3 aromatic rings. The maximum absolute atomic E-state index is 14.0. The fourth-order valence-corrected chi connectivity index (χ4v) is 2.86. The maximum Gasteiger partial charge on any atom is 0.220 e. The van der Waals surface area contributed by atoms with Gasteiger partial charge in [-0.15, -0.1) is 12.4 Å². The highest BCUT2D eigenvalue weighted by Gasteiger charge is 2.23. The third-order valence-corrected chi connectivity index (χ3v) is 4.14. The van der Waals surface area contributed by atoms with E-state index in [1.807, 2.05) is 24.3 Å². The second-order valence-corrected chi connectivity index (χ2v) is 5.89. The van der Waals surface area contributed by atoms with Gasteiger partial charge in [-0.05, 0) is 48.8 Å². The average Bonchev–Trinajstić information content (AvgIpc) is 3.31. The van der Waals surface area contributed by atoms with Crippen molar-refractivity contribution in [3.63, 3.8) is 0 Å². The van der Waals surface area contributed by atoms with Crippen LogP contribution in [-0.4, -0.2) is 9.97 Å². The molecule has 0 saturated heterocycles. The van der Waals surface area contributed by atoms with Crippen LogP contribution in [0.2, 0.25) is 0 Å². The van der Waals surface area contributed by atoms with E-state index < -0.39 is 0 Å². The summed E-state index contributed by atoms with van der Waals surface area (Å²) in [6.07, 6.45) is 3.47. The minimum atomic E-state index is -0.223. The molecule has 0 bridgehead atoms. The number of hydrogen-bond donors (Lipinski definition) is 1. The molecule has 2 aromatic carbocycles. The zero-order chi connectivity index (χ0) is 15.1. The van der Waals surface area contributed by atoms with E-state index in [1.54, 1.807) is 12.1 Å². The van der Waals surface area contributed by atoms with Gasteiger partial charge in [0.2, 0.25) is 5.95 Å². The predicted molar refractivity (Wildman–Crippen MR) is 93.0 cm³/mol. The number of hydrogen-bond acceptors (Lipinski definition) is 3. The summed E-state index contributed by atoms with van der Waals surface area (Å²) < 4.78 is 14.0. The highest BCUT2D eigenvalue weighted by molar-refractivity contribution is 5.96. The van der Waals surface area contributed by atoms with Crippen LogP contribution >= 0.6 is 12.4 Å². The molecular weight excluding hydrogens is 313 g/mol. The molecule has 1 aromatic heterocycles. The van der Waals surface area contributed by atoms with Gasteiger partial charge in [-0.3, -0.25) is 0 Å². The number of nitrogen functional groups attached to an aromatic ring is 1. The first-order chi connectivity index (χ1) is 10.7. The molecule has 4 rings (SSSR count). The lowest BCUT2D eigenvalue weighted by Gasteiger charge is -2.09. The van der Waals surface area contributed by atoms with Crippen LogP contribution in [0, 0.1) is 11.7 Å². The van der Waals surface area contributed by atoms with Crippen LogP contribution < -0.4 is 5.73 Å². The largest absolute Gasteiger partial charge is 0.368 e. The molecule has 1 heterocycles. The minimum Gasteiger partial charge on any atom is -0.368 e. The van der Waals surface area contributed by atoms with E-state index in [4.69, 9.17) is 5.73 Å². The van der Waals surface area contributed by atoms with Gasteiger partial charge < -0.3 is 5.73 Å². The Labute approximate surface area is 140 Å². The van der Waals surface area contributed by atoms with E-state index >= 15 is 0 Å². The van der Waals surface area contributed by atoms with Crippen molar-refractivity contribution < 1.29 is 4.39 Å². The Balaban J connectivity index is 0.00000156. The number of benzene rings is 2. The smallest absolute Gasteiger partial charge is 0.220 e. The Morgan fingerprint density at radius 1 is 1.04 bits per heavy atom. The molecule has 0 spiro atoms. The molecule has 0 amide bonds. The molecule has 118 valence electrons. The lowest BCUT2D eigenvalue weighted by Crippen LogP contribution is -2.02. The van der Waals surface area contributed by atoms with Crippen LogP contribution in [0.25, 0.3) is 22.0 Å². The summed E-state index contributed by atoms with van der Waals surface area (Å²) in [6, 6.07) is 12.7. The first kappa shape index (κ1) is 15.7. The van der Waals surface area contributed by atoms with Crippen molar-refractivity contribution in [1.29, 1.82) is 0 Å². The quantitative estimate of drug-likeness (QED) is 0.775. The van der Waals surface area contributed by atoms with Crippen LogP contribution in [0.4, 0.5) is 10.3 Å². The van der Waals surface area contributed by atoms with Crippen molar-refractivity contribution in [1.82, 2.24) is 9.97 Å². The Hall–Kier alpha value is -2.20. The average molecular weight is 330 g/mol. The summed E-state index contributed by atoms with van der Waals surface area (Å²) in [6.45, 7) is 0. The van der Waals surface area contributed by atoms with Gasteiger partial charge >= 0.3 is 0 Å². The molecule has 2 N–H and O–H groups in total. The van der Waals surface area contributed by atoms with Gasteiger partial charge in [0, 0.05) is 16.6 Å². The molecule has 5 heteroatoms. The van der Waals surface area contributed by atoms with Crippen LogP contribution in [0.15, 0.2) is 42.5 Å². The summed E-state index contributed by atoms with van der Waals surface area (Å²) >= 11 is 0. The molecule has 0 radical (unpaired) electrons. The number of nitrogens with two attached hydrogens (primary N) is 1. The molecule has 1 saturated carbocycles. The van der Waals surface area contributed by atoms with Crippen LogP contribution in [0.1, 0.15) is 18.5 Å². The first-order valence-electron chi connectivity index (χ1n) is 7.52. The third-order valence-electron chi connectivity index (χ3n) is 4.14. The Morgan fingerprint density at radius 3 is 2.52 bits per heavy atom. The number of anilines is 1. The van der Waals surface area contributed by atoms with Crippen molar-refractivity contribution in [3.8, 4) is 11.3 Å². The SMILES string of the molecule is Cl.Nc1nc(CC2CC2)cc(-c2ccc(F)c3ccccc23)n1. The second kappa shape index (κ2) is 6.13. The topological polar surface area (TPSA) is 51.8 Å². The number of nitrogens with zero attached hydrogens (tertiary/aromatic N) is 2. The molecular formula is C18H17ClFN3. The van der Waals surface area contributed by atoms with Gasteiger partial charge in [0.05, 0.1) is 5.69 Å². The van der Waals surface area contributed by atoms with Gasteiger partial charge in [0.15, 0.2) is 0 Å². The van der Waals surface area contributed by atoms with Gasteiger partial charge in [-0.2, -0.15) is 0 Å². The molecule has 1 aliphatic rings. The summed E-state index contributed by atoms with van der Waals surface area (Å²) in [5.74, 6) is 0.785. The monoisotopic (exact) mass is 329 g/mol. The van der Waals surface area contributed by atoms with E-state index in [2.05, 4.69) is 9.97 Å². The van der Waals surface area contributed by atoms with E-state index in [0.717, 1.165) is 34.7 Å². The minimum absolute atomic E-state index is 0. The Bertz CT molecular complexity index is 862. The van der Waals surface area contributed by atoms with Crippen LogP contribution in [0.3, 0.4) is 0 Å².